The van der Waals surface area contributed by atoms with E-state index in [0.717, 1.165) is 0 Å². The van der Waals surface area contributed by atoms with Gasteiger partial charge in [0.2, 0.25) is 0 Å². The van der Waals surface area contributed by atoms with Crippen LogP contribution < -0.4 is 5.73 Å². The van der Waals surface area contributed by atoms with Crippen molar-refractivity contribution in [3.8, 4) is 0 Å². The number of aromatic nitrogens is 2. The van der Waals surface area contributed by atoms with E-state index in [9.17, 15) is 8.78 Å². The van der Waals surface area contributed by atoms with Crippen molar-refractivity contribution in [2.24, 2.45) is 5.73 Å². The first-order chi connectivity index (χ1) is 6.62. The maximum Gasteiger partial charge on any atom is 0.315 e. The molecule has 1 aliphatic heterocycles. The number of hydrogen-bond donors (Lipinski definition) is 1. The maximum atomic E-state index is 12.1. The summed E-state index contributed by atoms with van der Waals surface area (Å²) in [7, 11) is 0. The highest BCUT2D eigenvalue weighted by atomic mass is 19.3. The quantitative estimate of drug-likeness (QED) is 0.764. The van der Waals surface area contributed by atoms with Crippen molar-refractivity contribution in [1.29, 1.82) is 0 Å². The highest BCUT2D eigenvalue weighted by Gasteiger charge is 2.37. The van der Waals surface area contributed by atoms with Crippen LogP contribution in [-0.2, 0) is 10.3 Å². The van der Waals surface area contributed by atoms with E-state index in [1.165, 1.54) is 0 Å². The summed E-state index contributed by atoms with van der Waals surface area (Å²) in [5.74, 6) is -0.609. The lowest BCUT2D eigenvalue weighted by Crippen LogP contribution is -2.38. The van der Waals surface area contributed by atoms with Gasteiger partial charge in [0.1, 0.15) is 5.54 Å². The molecule has 1 atom stereocenters. The van der Waals surface area contributed by atoms with Gasteiger partial charge in [0.15, 0.2) is 5.82 Å². The van der Waals surface area contributed by atoms with Gasteiger partial charge in [0.25, 0.3) is 5.89 Å². The molecule has 1 aliphatic rings. The van der Waals surface area contributed by atoms with E-state index in [1.807, 2.05) is 0 Å². The van der Waals surface area contributed by atoms with Crippen molar-refractivity contribution < 1.29 is 18.0 Å². The molecule has 1 fully saturated rings. The molecule has 0 bridgehead atoms. The van der Waals surface area contributed by atoms with Gasteiger partial charge in [-0.05, 0) is 6.42 Å². The Morgan fingerprint density at radius 1 is 1.50 bits per heavy atom. The van der Waals surface area contributed by atoms with Gasteiger partial charge >= 0.3 is 6.43 Å². The topological polar surface area (TPSA) is 74.2 Å². The Kier molecular flexibility index (Phi) is 2.20. The molecule has 1 aromatic rings. The standard InChI is InChI=1S/C7H9F2N3O2/c8-4(9)5-11-6(12-14-5)7(10)1-2-13-3-7/h4H,1-3,10H2. The largest absolute Gasteiger partial charge is 0.379 e. The SMILES string of the molecule is NC1(c2noc(C(F)F)n2)CCOC1. The van der Waals surface area contributed by atoms with E-state index < -0.39 is 17.9 Å². The van der Waals surface area contributed by atoms with Crippen LogP contribution in [0.15, 0.2) is 4.52 Å². The van der Waals surface area contributed by atoms with Gasteiger partial charge in [0, 0.05) is 6.61 Å². The van der Waals surface area contributed by atoms with Gasteiger partial charge < -0.3 is 15.0 Å². The minimum Gasteiger partial charge on any atom is -0.379 e. The zero-order chi connectivity index (χ0) is 10.2. The average molecular weight is 205 g/mol. The Morgan fingerprint density at radius 3 is 2.79 bits per heavy atom. The second-order valence-electron chi connectivity index (χ2n) is 3.22. The Morgan fingerprint density at radius 2 is 2.29 bits per heavy atom. The molecule has 0 radical (unpaired) electrons. The fourth-order valence-corrected chi connectivity index (χ4v) is 1.28. The van der Waals surface area contributed by atoms with Crippen LogP contribution in [0.4, 0.5) is 8.78 Å². The summed E-state index contributed by atoms with van der Waals surface area (Å²) in [6, 6.07) is 0. The number of alkyl halides is 2. The smallest absolute Gasteiger partial charge is 0.315 e. The third-order valence-electron chi connectivity index (χ3n) is 2.13. The average Bonchev–Trinajstić information content (AvgIpc) is 2.71. The zero-order valence-corrected chi connectivity index (χ0v) is 7.24. The summed E-state index contributed by atoms with van der Waals surface area (Å²) >= 11 is 0. The summed E-state index contributed by atoms with van der Waals surface area (Å²) < 4.78 is 33.7. The molecule has 0 spiro atoms. The van der Waals surface area contributed by atoms with E-state index in [1.54, 1.807) is 0 Å². The molecule has 0 saturated carbocycles. The lowest BCUT2D eigenvalue weighted by atomic mass is 10.00. The van der Waals surface area contributed by atoms with Crippen LogP contribution in [0.5, 0.6) is 0 Å². The van der Waals surface area contributed by atoms with Crippen LogP contribution in [0.25, 0.3) is 0 Å². The minimum absolute atomic E-state index is 0.0882. The zero-order valence-electron chi connectivity index (χ0n) is 7.24. The second-order valence-corrected chi connectivity index (χ2v) is 3.22. The molecule has 0 aliphatic carbocycles. The van der Waals surface area contributed by atoms with Crippen molar-refractivity contribution in [3.63, 3.8) is 0 Å². The number of hydrogen-bond acceptors (Lipinski definition) is 5. The van der Waals surface area contributed by atoms with Crippen LogP contribution >= 0.6 is 0 Å². The third-order valence-corrected chi connectivity index (χ3v) is 2.13. The van der Waals surface area contributed by atoms with Gasteiger partial charge in [-0.2, -0.15) is 13.8 Å². The van der Waals surface area contributed by atoms with E-state index in [4.69, 9.17) is 10.5 Å². The number of halogens is 2. The third kappa shape index (κ3) is 1.48. The fourth-order valence-electron chi connectivity index (χ4n) is 1.28. The van der Waals surface area contributed by atoms with E-state index in [2.05, 4.69) is 14.7 Å². The lowest BCUT2D eigenvalue weighted by Gasteiger charge is -2.15. The van der Waals surface area contributed by atoms with Crippen LogP contribution in [-0.4, -0.2) is 23.4 Å². The molecule has 7 heteroatoms. The number of ether oxygens (including phenoxy) is 1. The van der Waals surface area contributed by atoms with Crippen molar-refractivity contribution in [2.75, 3.05) is 13.2 Å². The van der Waals surface area contributed by atoms with Gasteiger partial charge in [-0.3, -0.25) is 0 Å². The molecule has 0 amide bonds. The first-order valence-electron chi connectivity index (χ1n) is 4.11. The molecule has 0 aromatic carbocycles. The van der Waals surface area contributed by atoms with Crippen molar-refractivity contribution in [3.05, 3.63) is 11.7 Å². The summed E-state index contributed by atoms with van der Waals surface area (Å²) in [6.07, 6.45) is -2.25. The first-order valence-corrected chi connectivity index (χ1v) is 4.11. The number of nitrogens with zero attached hydrogens (tertiary/aromatic N) is 2. The van der Waals surface area contributed by atoms with Crippen LogP contribution in [0.2, 0.25) is 0 Å². The van der Waals surface area contributed by atoms with E-state index >= 15 is 0 Å². The Labute approximate surface area is 78.2 Å². The van der Waals surface area contributed by atoms with Gasteiger partial charge in [-0.15, -0.1) is 0 Å². The molecule has 1 saturated heterocycles. The molecule has 2 heterocycles. The van der Waals surface area contributed by atoms with E-state index in [-0.39, 0.29) is 12.4 Å². The summed E-state index contributed by atoms with van der Waals surface area (Å²) in [6.45, 7) is 0.713. The van der Waals surface area contributed by atoms with Gasteiger partial charge in [-0.25, -0.2) is 0 Å². The molecule has 2 N–H and O–H groups in total. The Balaban J connectivity index is 2.23. The van der Waals surface area contributed by atoms with Crippen molar-refractivity contribution >= 4 is 0 Å². The maximum absolute atomic E-state index is 12.1. The predicted octanol–water partition coefficient (Wildman–Crippen LogP) is 0.582. The fraction of sp³-hybridized carbons (Fsp3) is 0.714. The molecule has 14 heavy (non-hydrogen) atoms. The monoisotopic (exact) mass is 205 g/mol. The molecule has 1 unspecified atom stereocenters. The van der Waals surface area contributed by atoms with Crippen molar-refractivity contribution in [1.82, 2.24) is 10.1 Å². The minimum atomic E-state index is -2.76. The molecule has 5 nitrogen and oxygen atoms in total. The molecule has 78 valence electrons. The first kappa shape index (κ1) is 9.47. The highest BCUT2D eigenvalue weighted by Crippen LogP contribution is 2.27. The van der Waals surface area contributed by atoms with Crippen LogP contribution in [0.3, 0.4) is 0 Å². The summed E-state index contributed by atoms with van der Waals surface area (Å²) in [5.41, 5.74) is 4.96. The van der Waals surface area contributed by atoms with E-state index in [0.29, 0.717) is 13.0 Å². The van der Waals surface area contributed by atoms with Gasteiger partial charge in [0.05, 0.1) is 6.61 Å². The number of nitrogens with two attached hydrogens (primary N) is 1. The second kappa shape index (κ2) is 3.25. The summed E-state index contributed by atoms with van der Waals surface area (Å²) in [4.78, 5) is 3.53. The van der Waals surface area contributed by atoms with Gasteiger partial charge in [-0.1, -0.05) is 5.16 Å². The van der Waals surface area contributed by atoms with Crippen LogP contribution in [0.1, 0.15) is 24.6 Å². The van der Waals surface area contributed by atoms with Crippen LogP contribution in [0, 0.1) is 0 Å². The molecule has 1 aromatic heterocycles. The number of rotatable bonds is 2. The molecular weight excluding hydrogens is 196 g/mol. The summed E-state index contributed by atoms with van der Waals surface area (Å²) in [5, 5.41) is 3.42. The predicted molar refractivity (Wildman–Crippen MR) is 40.6 cm³/mol. The highest BCUT2D eigenvalue weighted by molar-refractivity contribution is 5.06. The molecule has 2 rings (SSSR count). The Bertz CT molecular complexity index is 322. The molecular formula is C7H9F2N3O2. The van der Waals surface area contributed by atoms with Crippen molar-refractivity contribution in [2.45, 2.75) is 18.4 Å². The Hall–Kier alpha value is -1.08. The lowest BCUT2D eigenvalue weighted by molar-refractivity contribution is 0.106. The normalized spacial score (nSPS) is 27.4.